The minimum Gasteiger partial charge on any atom is -0.321 e. The molecule has 5 heteroatoms. The fourth-order valence-corrected chi connectivity index (χ4v) is 2.36. The molecule has 0 aliphatic heterocycles. The lowest BCUT2D eigenvalue weighted by Gasteiger charge is -2.06. The molecule has 0 atom stereocenters. The van der Waals surface area contributed by atoms with E-state index in [-0.39, 0.29) is 5.56 Å². The van der Waals surface area contributed by atoms with Crippen molar-refractivity contribution < 1.29 is 4.39 Å². The van der Waals surface area contributed by atoms with E-state index < -0.39 is 11.4 Å². The third-order valence-corrected chi connectivity index (χ3v) is 3.38. The Hall–Kier alpha value is -2.01. The van der Waals surface area contributed by atoms with Crippen molar-refractivity contribution in [2.45, 2.75) is 0 Å². The lowest BCUT2D eigenvalue weighted by molar-refractivity contribution is 0.640. The van der Waals surface area contributed by atoms with Crippen LogP contribution in [0.25, 0.3) is 22.0 Å². The van der Waals surface area contributed by atoms with E-state index in [1.807, 2.05) is 0 Å². The van der Waals surface area contributed by atoms with Gasteiger partial charge >= 0.3 is 0 Å². The quantitative estimate of drug-likeness (QED) is 0.746. The summed E-state index contributed by atoms with van der Waals surface area (Å²) in [6.07, 6.45) is 3.05. The molecular weight excluding hydrogens is 311 g/mol. The Morgan fingerprint density at radius 2 is 1.89 bits per heavy atom. The summed E-state index contributed by atoms with van der Waals surface area (Å²) in [4.78, 5) is 18.6. The second-order valence-electron chi connectivity index (χ2n) is 4.07. The van der Waals surface area contributed by atoms with Gasteiger partial charge in [0.2, 0.25) is 0 Å². The van der Waals surface area contributed by atoms with Crippen LogP contribution in [-0.4, -0.2) is 9.97 Å². The van der Waals surface area contributed by atoms with E-state index in [1.54, 1.807) is 30.3 Å². The Morgan fingerprint density at radius 1 is 1.16 bits per heavy atom. The van der Waals surface area contributed by atoms with E-state index in [9.17, 15) is 9.18 Å². The summed E-state index contributed by atoms with van der Waals surface area (Å²) in [7, 11) is 0. The normalized spacial score (nSPS) is 10.8. The summed E-state index contributed by atoms with van der Waals surface area (Å²) in [5.41, 5.74) is 0.575. The van der Waals surface area contributed by atoms with Gasteiger partial charge in [0.1, 0.15) is 5.82 Å². The van der Waals surface area contributed by atoms with Gasteiger partial charge in [-0.15, -0.1) is 0 Å². The maximum Gasteiger partial charge on any atom is 0.259 e. The first-order valence-corrected chi connectivity index (χ1v) is 6.37. The van der Waals surface area contributed by atoms with Crippen molar-refractivity contribution in [1.82, 2.24) is 9.97 Å². The standard InChI is InChI=1S/C14H8BrFN2O/c15-9-1-2-11-10(7-9)13(16)12(14(19)18-11)8-3-5-17-6-4-8/h1-7H,(H,18,19). The van der Waals surface area contributed by atoms with E-state index in [0.29, 0.717) is 16.5 Å². The molecule has 19 heavy (non-hydrogen) atoms. The third kappa shape index (κ3) is 2.06. The Labute approximate surface area is 116 Å². The van der Waals surface area contributed by atoms with Crippen molar-refractivity contribution >= 4 is 26.8 Å². The summed E-state index contributed by atoms with van der Waals surface area (Å²) in [5, 5.41) is 0.376. The minimum absolute atomic E-state index is 0.0352. The SMILES string of the molecule is O=c1[nH]c2ccc(Br)cc2c(F)c1-c1ccncc1. The molecule has 2 aromatic heterocycles. The average Bonchev–Trinajstić information content (AvgIpc) is 2.41. The first kappa shape index (κ1) is 12.0. The molecule has 3 aromatic rings. The Bertz CT molecular complexity index is 815. The van der Waals surface area contributed by atoms with Crippen LogP contribution < -0.4 is 5.56 Å². The second kappa shape index (κ2) is 4.59. The summed E-state index contributed by atoms with van der Waals surface area (Å²) < 4.78 is 15.3. The number of aromatic nitrogens is 2. The van der Waals surface area contributed by atoms with Crippen molar-refractivity contribution in [3.63, 3.8) is 0 Å². The van der Waals surface area contributed by atoms with E-state index in [0.717, 1.165) is 4.47 Å². The zero-order valence-corrected chi connectivity index (χ0v) is 11.2. The average molecular weight is 319 g/mol. The molecule has 3 nitrogen and oxygen atoms in total. The van der Waals surface area contributed by atoms with Gasteiger partial charge in [0.05, 0.1) is 11.1 Å². The monoisotopic (exact) mass is 318 g/mol. The summed E-state index contributed by atoms with van der Waals surface area (Å²) in [6, 6.07) is 8.28. The van der Waals surface area contributed by atoms with Crippen LogP contribution in [-0.2, 0) is 0 Å². The van der Waals surface area contributed by atoms with Gasteiger partial charge in [-0.05, 0) is 35.9 Å². The number of rotatable bonds is 1. The van der Waals surface area contributed by atoms with E-state index in [2.05, 4.69) is 25.9 Å². The highest BCUT2D eigenvalue weighted by molar-refractivity contribution is 9.10. The third-order valence-electron chi connectivity index (χ3n) is 2.88. The van der Waals surface area contributed by atoms with Crippen LogP contribution >= 0.6 is 15.9 Å². The molecule has 0 radical (unpaired) electrons. The number of nitrogens with zero attached hydrogens (tertiary/aromatic N) is 1. The molecule has 0 spiro atoms. The topological polar surface area (TPSA) is 45.8 Å². The smallest absolute Gasteiger partial charge is 0.259 e. The van der Waals surface area contributed by atoms with Crippen LogP contribution in [0.1, 0.15) is 0 Å². The molecule has 0 saturated carbocycles. The lowest BCUT2D eigenvalue weighted by atomic mass is 10.1. The molecule has 3 rings (SSSR count). The molecule has 1 aromatic carbocycles. The molecule has 0 bridgehead atoms. The molecular formula is C14H8BrFN2O. The van der Waals surface area contributed by atoms with Gasteiger partial charge in [-0.3, -0.25) is 9.78 Å². The van der Waals surface area contributed by atoms with Crippen LogP contribution in [0.2, 0.25) is 0 Å². The van der Waals surface area contributed by atoms with Crippen molar-refractivity contribution in [3.05, 3.63) is 63.4 Å². The van der Waals surface area contributed by atoms with Crippen molar-refractivity contribution in [2.75, 3.05) is 0 Å². The minimum atomic E-state index is -0.522. The fraction of sp³-hybridized carbons (Fsp3) is 0. The van der Waals surface area contributed by atoms with E-state index in [1.165, 1.54) is 12.4 Å². The number of benzene rings is 1. The Balaban J connectivity index is 2.40. The molecule has 0 aliphatic carbocycles. The molecule has 1 N–H and O–H groups in total. The van der Waals surface area contributed by atoms with Gasteiger partial charge in [-0.25, -0.2) is 4.39 Å². The highest BCUT2D eigenvalue weighted by Gasteiger charge is 2.14. The van der Waals surface area contributed by atoms with E-state index >= 15 is 0 Å². The van der Waals surface area contributed by atoms with Gasteiger partial charge in [0.25, 0.3) is 5.56 Å². The zero-order valence-electron chi connectivity index (χ0n) is 9.65. The summed E-state index contributed by atoms with van der Waals surface area (Å²) >= 11 is 3.30. The molecule has 0 amide bonds. The first-order valence-electron chi connectivity index (χ1n) is 5.58. The second-order valence-corrected chi connectivity index (χ2v) is 4.98. The summed E-state index contributed by atoms with van der Waals surface area (Å²) in [6.45, 7) is 0. The number of halogens is 2. The Kier molecular flexibility index (Phi) is 2.91. The van der Waals surface area contributed by atoms with Crippen molar-refractivity contribution in [3.8, 4) is 11.1 Å². The maximum atomic E-state index is 14.5. The largest absolute Gasteiger partial charge is 0.321 e. The number of fused-ring (bicyclic) bond motifs is 1. The number of hydrogen-bond donors (Lipinski definition) is 1. The molecule has 0 saturated heterocycles. The fourth-order valence-electron chi connectivity index (χ4n) is 2.00. The van der Waals surface area contributed by atoms with Gasteiger partial charge in [-0.1, -0.05) is 15.9 Å². The maximum absolute atomic E-state index is 14.5. The predicted molar refractivity (Wildman–Crippen MR) is 75.5 cm³/mol. The highest BCUT2D eigenvalue weighted by Crippen LogP contribution is 2.26. The predicted octanol–water partition coefficient (Wildman–Crippen LogP) is 3.49. The van der Waals surface area contributed by atoms with E-state index in [4.69, 9.17) is 0 Å². The highest BCUT2D eigenvalue weighted by atomic mass is 79.9. The number of pyridine rings is 2. The van der Waals surface area contributed by atoms with Crippen LogP contribution in [0.15, 0.2) is 52.0 Å². The van der Waals surface area contributed by atoms with Gasteiger partial charge in [-0.2, -0.15) is 0 Å². The van der Waals surface area contributed by atoms with Crippen LogP contribution in [0.3, 0.4) is 0 Å². The van der Waals surface area contributed by atoms with Crippen LogP contribution in [0.4, 0.5) is 4.39 Å². The molecule has 0 fully saturated rings. The van der Waals surface area contributed by atoms with Crippen LogP contribution in [0, 0.1) is 5.82 Å². The lowest BCUT2D eigenvalue weighted by Crippen LogP contribution is -2.11. The molecule has 0 unspecified atom stereocenters. The van der Waals surface area contributed by atoms with Gasteiger partial charge in [0.15, 0.2) is 0 Å². The molecule has 94 valence electrons. The number of nitrogens with one attached hydrogen (secondary N) is 1. The molecule has 0 aliphatic rings. The molecule has 2 heterocycles. The number of hydrogen-bond acceptors (Lipinski definition) is 2. The van der Waals surface area contributed by atoms with Gasteiger partial charge < -0.3 is 4.98 Å². The number of H-pyrrole nitrogens is 1. The first-order chi connectivity index (χ1) is 9.16. The van der Waals surface area contributed by atoms with Gasteiger partial charge in [0, 0.05) is 22.3 Å². The summed E-state index contributed by atoms with van der Waals surface area (Å²) in [5.74, 6) is -0.522. The number of aromatic amines is 1. The van der Waals surface area contributed by atoms with Crippen LogP contribution in [0.5, 0.6) is 0 Å². The van der Waals surface area contributed by atoms with Crippen molar-refractivity contribution in [2.24, 2.45) is 0 Å². The zero-order chi connectivity index (χ0) is 13.4. The Morgan fingerprint density at radius 3 is 2.63 bits per heavy atom. The van der Waals surface area contributed by atoms with Crippen molar-refractivity contribution in [1.29, 1.82) is 0 Å².